The minimum Gasteiger partial charge on any atom is -0.504 e. The van der Waals surface area contributed by atoms with Gasteiger partial charge in [0.1, 0.15) is 0 Å². The fourth-order valence-electron chi connectivity index (χ4n) is 2.76. The van der Waals surface area contributed by atoms with E-state index in [1.165, 1.54) is 7.11 Å². The largest absolute Gasteiger partial charge is 0.504 e. The third-order valence-electron chi connectivity index (χ3n) is 4.14. The molecule has 0 radical (unpaired) electrons. The summed E-state index contributed by atoms with van der Waals surface area (Å²) >= 11 is 0. The first-order valence-corrected chi connectivity index (χ1v) is 8.90. The Morgan fingerprint density at radius 2 is 1.89 bits per heavy atom. The molecule has 1 aromatic carbocycles. The van der Waals surface area contributed by atoms with Crippen LogP contribution < -0.4 is 10.1 Å². The molecule has 1 aliphatic rings. The summed E-state index contributed by atoms with van der Waals surface area (Å²) in [6.07, 6.45) is -0.268. The molecule has 0 saturated carbocycles. The van der Waals surface area contributed by atoms with E-state index in [-0.39, 0.29) is 35.8 Å². The molecule has 0 aromatic heterocycles. The molecular formula is C18H29IN4O4. The number of carbonyl (C=O) groups is 1. The van der Waals surface area contributed by atoms with E-state index in [4.69, 9.17) is 9.47 Å². The molecule has 1 fully saturated rings. The number of rotatable bonds is 5. The molecule has 0 aliphatic carbocycles. The Morgan fingerprint density at radius 1 is 1.22 bits per heavy atom. The van der Waals surface area contributed by atoms with Crippen molar-refractivity contribution in [3.8, 4) is 11.5 Å². The lowest BCUT2D eigenvalue weighted by Crippen LogP contribution is -2.53. The molecule has 0 atom stereocenters. The fourth-order valence-corrected chi connectivity index (χ4v) is 2.76. The van der Waals surface area contributed by atoms with Crippen LogP contribution in [0.15, 0.2) is 23.2 Å². The van der Waals surface area contributed by atoms with Crippen LogP contribution in [0.1, 0.15) is 19.4 Å². The van der Waals surface area contributed by atoms with Crippen LogP contribution in [-0.2, 0) is 11.3 Å². The van der Waals surface area contributed by atoms with E-state index in [0.29, 0.717) is 50.6 Å². The number of aromatic hydroxyl groups is 1. The van der Waals surface area contributed by atoms with Gasteiger partial charge in [0.05, 0.1) is 20.3 Å². The number of phenolic OH excluding ortho intramolecular Hbond substituents is 1. The van der Waals surface area contributed by atoms with Gasteiger partial charge >= 0.3 is 6.09 Å². The number of amides is 1. The summed E-state index contributed by atoms with van der Waals surface area (Å²) in [5, 5.41) is 13.5. The van der Waals surface area contributed by atoms with Crippen molar-refractivity contribution in [2.24, 2.45) is 4.99 Å². The molecule has 1 amide bonds. The maximum absolute atomic E-state index is 11.8. The van der Waals surface area contributed by atoms with Gasteiger partial charge in [-0.3, -0.25) is 0 Å². The minimum atomic E-state index is -0.268. The predicted octanol–water partition coefficient (Wildman–Crippen LogP) is 2.26. The van der Waals surface area contributed by atoms with Gasteiger partial charge in [-0.15, -0.1) is 24.0 Å². The molecule has 0 bridgehead atoms. The van der Waals surface area contributed by atoms with E-state index in [0.717, 1.165) is 12.5 Å². The first-order valence-electron chi connectivity index (χ1n) is 8.90. The van der Waals surface area contributed by atoms with Crippen molar-refractivity contribution in [3.05, 3.63) is 23.8 Å². The van der Waals surface area contributed by atoms with Crippen LogP contribution in [0.5, 0.6) is 11.5 Å². The fraction of sp³-hybridized carbons (Fsp3) is 0.556. The summed E-state index contributed by atoms with van der Waals surface area (Å²) in [5.74, 6) is 1.31. The average molecular weight is 492 g/mol. The molecule has 27 heavy (non-hydrogen) atoms. The van der Waals surface area contributed by atoms with Crippen LogP contribution in [0.25, 0.3) is 0 Å². The van der Waals surface area contributed by atoms with Crippen LogP contribution in [0.3, 0.4) is 0 Å². The number of hydrogen-bond donors (Lipinski definition) is 2. The SMILES string of the molecule is CCNC(=NCc1cccc(OC)c1O)N1CCN(C(=O)OCC)CC1.I. The zero-order chi connectivity index (χ0) is 18.9. The van der Waals surface area contributed by atoms with Crippen molar-refractivity contribution in [1.82, 2.24) is 15.1 Å². The molecule has 0 unspecified atom stereocenters. The molecule has 1 saturated heterocycles. The number of nitrogens with one attached hydrogen (secondary N) is 1. The maximum atomic E-state index is 11.8. The summed E-state index contributed by atoms with van der Waals surface area (Å²) in [4.78, 5) is 20.3. The number of nitrogens with zero attached hydrogens (tertiary/aromatic N) is 3. The normalized spacial score (nSPS) is 14.4. The number of guanidine groups is 1. The molecule has 9 heteroatoms. The predicted molar refractivity (Wildman–Crippen MR) is 115 cm³/mol. The quantitative estimate of drug-likeness (QED) is 0.373. The Hall–Kier alpha value is -1.91. The average Bonchev–Trinajstić information content (AvgIpc) is 2.66. The minimum absolute atomic E-state index is 0. The highest BCUT2D eigenvalue weighted by Crippen LogP contribution is 2.29. The highest BCUT2D eigenvalue weighted by Gasteiger charge is 2.23. The van der Waals surface area contributed by atoms with Gasteiger partial charge in [0.25, 0.3) is 0 Å². The number of benzene rings is 1. The standard InChI is InChI=1S/C18H28N4O4.HI/c1-4-19-17(20-13-14-7-6-8-15(25-3)16(14)23)21-9-11-22(12-10-21)18(24)26-5-2;/h6-8,23H,4-5,9-13H2,1-3H3,(H,19,20);1H. The second kappa shape index (κ2) is 11.7. The smallest absolute Gasteiger partial charge is 0.409 e. The zero-order valence-corrected chi connectivity index (χ0v) is 18.4. The first kappa shape index (κ1) is 23.1. The van der Waals surface area contributed by atoms with Crippen molar-refractivity contribution in [2.75, 3.05) is 46.4 Å². The number of hydrogen-bond acceptors (Lipinski definition) is 5. The molecule has 152 valence electrons. The summed E-state index contributed by atoms with van der Waals surface area (Å²) in [5.41, 5.74) is 0.699. The van der Waals surface area contributed by atoms with E-state index >= 15 is 0 Å². The molecule has 1 aromatic rings. The van der Waals surface area contributed by atoms with Gasteiger partial charge in [0.2, 0.25) is 0 Å². The molecule has 1 heterocycles. The Labute approximate surface area is 177 Å². The van der Waals surface area contributed by atoms with Gasteiger partial charge in [-0.2, -0.15) is 0 Å². The molecule has 1 aliphatic heterocycles. The van der Waals surface area contributed by atoms with E-state index in [2.05, 4.69) is 15.2 Å². The number of halogens is 1. The number of phenols is 1. The molecule has 0 spiro atoms. The molecule has 2 N–H and O–H groups in total. The van der Waals surface area contributed by atoms with Crippen molar-refractivity contribution >= 4 is 36.0 Å². The van der Waals surface area contributed by atoms with Crippen molar-refractivity contribution < 1.29 is 19.4 Å². The Morgan fingerprint density at radius 3 is 2.48 bits per heavy atom. The molecule has 2 rings (SSSR count). The van der Waals surface area contributed by atoms with Crippen LogP contribution in [0.2, 0.25) is 0 Å². The van der Waals surface area contributed by atoms with Gasteiger partial charge in [-0.1, -0.05) is 12.1 Å². The third kappa shape index (κ3) is 6.33. The van der Waals surface area contributed by atoms with Gasteiger partial charge in [-0.05, 0) is 19.9 Å². The van der Waals surface area contributed by atoms with Gasteiger partial charge < -0.3 is 29.7 Å². The van der Waals surface area contributed by atoms with E-state index in [1.54, 1.807) is 17.9 Å². The number of piperazine rings is 1. The number of aliphatic imine (C=N–C) groups is 1. The van der Waals surface area contributed by atoms with Crippen molar-refractivity contribution in [2.45, 2.75) is 20.4 Å². The van der Waals surface area contributed by atoms with Crippen LogP contribution >= 0.6 is 24.0 Å². The summed E-state index contributed by atoms with van der Waals surface area (Å²) in [7, 11) is 1.52. The molecule has 8 nitrogen and oxygen atoms in total. The number of methoxy groups -OCH3 is 1. The second-order valence-electron chi connectivity index (χ2n) is 5.81. The molecular weight excluding hydrogens is 463 g/mol. The Balaban J connectivity index is 0.00000364. The summed E-state index contributed by atoms with van der Waals surface area (Å²) in [6, 6.07) is 5.36. The maximum Gasteiger partial charge on any atom is 0.409 e. The van der Waals surface area contributed by atoms with E-state index in [9.17, 15) is 9.90 Å². The number of carbonyl (C=O) groups excluding carboxylic acids is 1. The van der Waals surface area contributed by atoms with Crippen molar-refractivity contribution in [1.29, 1.82) is 0 Å². The monoisotopic (exact) mass is 492 g/mol. The Kier molecular flexibility index (Phi) is 10.0. The first-order chi connectivity index (χ1) is 12.6. The summed E-state index contributed by atoms with van der Waals surface area (Å²) in [6.45, 7) is 7.80. The van der Waals surface area contributed by atoms with E-state index in [1.807, 2.05) is 19.1 Å². The van der Waals surface area contributed by atoms with Crippen LogP contribution in [0, 0.1) is 0 Å². The lowest BCUT2D eigenvalue weighted by molar-refractivity contribution is 0.0914. The third-order valence-corrected chi connectivity index (χ3v) is 4.14. The lowest BCUT2D eigenvalue weighted by atomic mass is 10.2. The highest BCUT2D eigenvalue weighted by atomic mass is 127. The highest BCUT2D eigenvalue weighted by molar-refractivity contribution is 14.0. The summed E-state index contributed by atoms with van der Waals surface area (Å²) < 4.78 is 10.2. The van der Waals surface area contributed by atoms with Gasteiger partial charge in [0, 0.05) is 38.3 Å². The Bertz CT molecular complexity index is 634. The number of ether oxygens (including phenoxy) is 2. The van der Waals surface area contributed by atoms with Crippen LogP contribution in [-0.4, -0.2) is 73.4 Å². The van der Waals surface area contributed by atoms with Crippen LogP contribution in [0.4, 0.5) is 4.79 Å². The topological polar surface area (TPSA) is 86.6 Å². The van der Waals surface area contributed by atoms with Crippen molar-refractivity contribution in [3.63, 3.8) is 0 Å². The second-order valence-corrected chi connectivity index (χ2v) is 5.81. The zero-order valence-electron chi connectivity index (χ0n) is 16.1. The van der Waals surface area contributed by atoms with Gasteiger partial charge in [0.15, 0.2) is 17.5 Å². The van der Waals surface area contributed by atoms with E-state index < -0.39 is 0 Å². The van der Waals surface area contributed by atoms with Gasteiger partial charge in [-0.25, -0.2) is 9.79 Å². The number of para-hydroxylation sites is 1. The lowest BCUT2D eigenvalue weighted by Gasteiger charge is -2.35.